The molecule has 1 unspecified atom stereocenters. The molecule has 1 N–H and O–H groups in total. The van der Waals surface area contributed by atoms with Crippen molar-refractivity contribution in [2.75, 3.05) is 0 Å². The van der Waals surface area contributed by atoms with Gasteiger partial charge in [0.15, 0.2) is 0 Å². The van der Waals surface area contributed by atoms with E-state index in [4.69, 9.17) is 0 Å². The van der Waals surface area contributed by atoms with Crippen LogP contribution in [0.3, 0.4) is 0 Å². The van der Waals surface area contributed by atoms with Crippen molar-refractivity contribution in [3.05, 3.63) is 9.66 Å². The second kappa shape index (κ2) is 12.7. The molecule has 0 aliphatic carbocycles. The number of halogens is 4. The lowest BCUT2D eigenvalue weighted by Crippen LogP contribution is -2.11. The number of hydrogen-bond donors (Lipinski definition) is 1. The Balaban J connectivity index is 3.48. The van der Waals surface area contributed by atoms with Gasteiger partial charge in [-0.25, -0.2) is 0 Å². The van der Waals surface area contributed by atoms with Crippen molar-refractivity contribution in [2.24, 2.45) is 0 Å². The molecule has 0 amide bonds. The fourth-order valence-electron chi connectivity index (χ4n) is 2.22. The van der Waals surface area contributed by atoms with E-state index in [1.54, 1.807) is 22.6 Å². The summed E-state index contributed by atoms with van der Waals surface area (Å²) in [5.41, 5.74) is 0. The molecular weight excluding hydrogens is 392 g/mol. The molecule has 0 saturated carbocycles. The highest BCUT2D eigenvalue weighted by Gasteiger charge is 2.25. The summed E-state index contributed by atoms with van der Waals surface area (Å²) in [6.45, 7) is 2.21. The van der Waals surface area contributed by atoms with Crippen molar-refractivity contribution in [2.45, 2.75) is 89.8 Å². The van der Waals surface area contributed by atoms with E-state index in [2.05, 4.69) is 6.92 Å². The maximum absolute atomic E-state index is 12.1. The molecular formula is C16H28F3IO. The van der Waals surface area contributed by atoms with E-state index in [9.17, 15) is 18.3 Å². The summed E-state index contributed by atoms with van der Waals surface area (Å²) in [7, 11) is 0. The Morgan fingerprint density at radius 1 is 0.952 bits per heavy atom. The fourth-order valence-corrected chi connectivity index (χ4v) is 2.88. The first-order chi connectivity index (χ1) is 9.87. The maximum Gasteiger partial charge on any atom is 0.410 e. The maximum atomic E-state index is 12.1. The minimum absolute atomic E-state index is 0.0176. The van der Waals surface area contributed by atoms with E-state index in [1.165, 1.54) is 44.9 Å². The van der Waals surface area contributed by atoms with Crippen molar-refractivity contribution < 1.29 is 18.3 Å². The number of hydrogen-bond acceptors (Lipinski definition) is 1. The largest absolute Gasteiger partial charge is 0.410 e. The Morgan fingerprint density at radius 2 is 1.38 bits per heavy atom. The Bertz CT molecular complexity index is 277. The smallest absolute Gasteiger partial charge is 0.388 e. The van der Waals surface area contributed by atoms with Gasteiger partial charge in [-0.15, -0.1) is 0 Å². The Labute approximate surface area is 140 Å². The first kappa shape index (κ1) is 21.2. The zero-order valence-corrected chi connectivity index (χ0v) is 15.0. The van der Waals surface area contributed by atoms with Crippen LogP contribution in [-0.4, -0.2) is 17.4 Å². The Kier molecular flexibility index (Phi) is 12.9. The van der Waals surface area contributed by atoms with Crippen LogP contribution in [0.4, 0.5) is 13.2 Å². The molecule has 0 radical (unpaired) electrons. The van der Waals surface area contributed by atoms with E-state index >= 15 is 0 Å². The summed E-state index contributed by atoms with van der Waals surface area (Å²) in [5, 5.41) is 9.63. The molecule has 0 aromatic carbocycles. The van der Waals surface area contributed by atoms with Gasteiger partial charge in [0.1, 0.15) is 0 Å². The number of aliphatic hydroxyl groups excluding tert-OH is 1. The quantitative estimate of drug-likeness (QED) is 0.281. The predicted octanol–water partition coefficient (Wildman–Crippen LogP) is 6.54. The van der Waals surface area contributed by atoms with Crippen LogP contribution < -0.4 is 0 Å². The van der Waals surface area contributed by atoms with Gasteiger partial charge in [0.25, 0.3) is 0 Å². The SMILES string of the molecule is CCCCCCCCCCCCC(O)/C(I)=C/C(F)(F)F. The third-order valence-corrected chi connectivity index (χ3v) is 4.48. The number of rotatable bonds is 12. The second-order valence-corrected chi connectivity index (χ2v) is 6.80. The van der Waals surface area contributed by atoms with Crippen LogP contribution in [0.2, 0.25) is 0 Å². The number of allylic oxidation sites excluding steroid dienone is 1. The van der Waals surface area contributed by atoms with E-state index in [-0.39, 0.29) is 9.66 Å². The van der Waals surface area contributed by atoms with Crippen LogP contribution in [-0.2, 0) is 0 Å². The topological polar surface area (TPSA) is 20.2 Å². The van der Waals surface area contributed by atoms with E-state index in [0.29, 0.717) is 6.42 Å². The van der Waals surface area contributed by atoms with Gasteiger partial charge in [0.2, 0.25) is 0 Å². The van der Waals surface area contributed by atoms with E-state index in [1.807, 2.05) is 0 Å². The molecule has 0 aliphatic heterocycles. The van der Waals surface area contributed by atoms with Crippen molar-refractivity contribution in [1.82, 2.24) is 0 Å². The van der Waals surface area contributed by atoms with Gasteiger partial charge in [0, 0.05) is 9.66 Å². The summed E-state index contributed by atoms with van der Waals surface area (Å²) in [6.07, 6.45) is 7.14. The van der Waals surface area contributed by atoms with Gasteiger partial charge in [-0.05, 0) is 29.0 Å². The highest BCUT2D eigenvalue weighted by Crippen LogP contribution is 2.25. The molecule has 0 spiro atoms. The molecule has 0 fully saturated rings. The zero-order chi connectivity index (χ0) is 16.1. The van der Waals surface area contributed by atoms with Gasteiger partial charge < -0.3 is 5.11 Å². The lowest BCUT2D eigenvalue weighted by molar-refractivity contribution is -0.0807. The van der Waals surface area contributed by atoms with Gasteiger partial charge in [0.05, 0.1) is 6.10 Å². The predicted molar refractivity (Wildman–Crippen MR) is 90.6 cm³/mol. The van der Waals surface area contributed by atoms with Crippen LogP contribution >= 0.6 is 22.6 Å². The summed E-state index contributed by atoms with van der Waals surface area (Å²) in [5.74, 6) is 0. The molecule has 0 saturated heterocycles. The van der Waals surface area contributed by atoms with Crippen LogP contribution in [0.25, 0.3) is 0 Å². The first-order valence-electron chi connectivity index (χ1n) is 8.00. The van der Waals surface area contributed by atoms with Gasteiger partial charge in [-0.3, -0.25) is 0 Å². The minimum atomic E-state index is -4.34. The highest BCUT2D eigenvalue weighted by atomic mass is 127. The lowest BCUT2D eigenvalue weighted by Gasteiger charge is -2.11. The van der Waals surface area contributed by atoms with Crippen molar-refractivity contribution >= 4 is 22.6 Å². The number of aliphatic hydroxyl groups is 1. The summed E-state index contributed by atoms with van der Waals surface area (Å²) < 4.78 is 36.3. The molecule has 0 bridgehead atoms. The number of alkyl halides is 3. The minimum Gasteiger partial charge on any atom is -0.388 e. The van der Waals surface area contributed by atoms with Crippen molar-refractivity contribution in [3.63, 3.8) is 0 Å². The molecule has 1 nitrogen and oxygen atoms in total. The van der Waals surface area contributed by atoms with Crippen LogP contribution in [0.5, 0.6) is 0 Å². The van der Waals surface area contributed by atoms with E-state index in [0.717, 1.165) is 19.3 Å². The van der Waals surface area contributed by atoms with Crippen LogP contribution in [0.1, 0.15) is 77.6 Å². The molecule has 0 aromatic rings. The number of unbranched alkanes of at least 4 members (excludes halogenated alkanes) is 9. The third-order valence-electron chi connectivity index (χ3n) is 3.45. The third kappa shape index (κ3) is 14.9. The van der Waals surface area contributed by atoms with Crippen LogP contribution in [0, 0.1) is 0 Å². The average Bonchev–Trinajstić information content (AvgIpc) is 2.38. The second-order valence-electron chi connectivity index (χ2n) is 5.56. The molecule has 0 aromatic heterocycles. The molecule has 0 heterocycles. The first-order valence-corrected chi connectivity index (χ1v) is 9.07. The highest BCUT2D eigenvalue weighted by molar-refractivity contribution is 14.1. The fraction of sp³-hybridized carbons (Fsp3) is 0.875. The molecule has 1 atom stereocenters. The lowest BCUT2D eigenvalue weighted by atomic mass is 10.0. The van der Waals surface area contributed by atoms with Gasteiger partial charge >= 0.3 is 6.18 Å². The van der Waals surface area contributed by atoms with Crippen molar-refractivity contribution in [1.29, 1.82) is 0 Å². The summed E-state index contributed by atoms with van der Waals surface area (Å²) in [6, 6.07) is 0. The molecule has 21 heavy (non-hydrogen) atoms. The molecule has 0 rings (SSSR count). The molecule has 0 aliphatic rings. The average molecular weight is 420 g/mol. The summed E-state index contributed by atoms with van der Waals surface area (Å²) >= 11 is 1.57. The van der Waals surface area contributed by atoms with Crippen molar-refractivity contribution in [3.8, 4) is 0 Å². The Morgan fingerprint density at radius 3 is 1.81 bits per heavy atom. The van der Waals surface area contributed by atoms with E-state index < -0.39 is 12.3 Å². The zero-order valence-electron chi connectivity index (χ0n) is 12.9. The molecule has 126 valence electrons. The standard InChI is InChI=1S/C16H28F3IO/c1-2-3-4-5-6-7-8-9-10-11-12-15(21)14(20)13-16(17,18)19/h13,15,21H,2-12H2,1H3/b14-13-. The monoisotopic (exact) mass is 420 g/mol. The van der Waals surface area contributed by atoms with Gasteiger partial charge in [-0.2, -0.15) is 13.2 Å². The van der Waals surface area contributed by atoms with Crippen LogP contribution in [0.15, 0.2) is 9.66 Å². The summed E-state index contributed by atoms with van der Waals surface area (Å²) in [4.78, 5) is 0. The normalized spacial score (nSPS) is 14.5. The Hall–Kier alpha value is 0.220. The molecule has 5 heteroatoms. The van der Waals surface area contributed by atoms with Gasteiger partial charge in [-0.1, -0.05) is 71.1 Å².